The van der Waals surface area contributed by atoms with E-state index in [0.29, 0.717) is 5.69 Å². The fourth-order valence-electron chi connectivity index (χ4n) is 3.69. The minimum absolute atomic E-state index is 0.0261. The highest BCUT2D eigenvalue weighted by Gasteiger charge is 2.34. The Hall–Kier alpha value is -4.03. The zero-order chi connectivity index (χ0) is 21.4. The van der Waals surface area contributed by atoms with Gasteiger partial charge in [0.25, 0.3) is 11.8 Å². The molecule has 4 aromatic rings. The van der Waals surface area contributed by atoms with Crippen molar-refractivity contribution >= 4 is 51.7 Å². The minimum atomic E-state index is -0.506. The fraction of sp³-hybridized carbons (Fsp3) is 0. The first-order valence-electron chi connectivity index (χ1n) is 9.75. The number of hydrogen-bond donors (Lipinski definition) is 1. The summed E-state index contributed by atoms with van der Waals surface area (Å²) in [6.07, 6.45) is 3.51. The first-order valence-corrected chi connectivity index (χ1v) is 10.2. The summed E-state index contributed by atoms with van der Waals surface area (Å²) < 4.78 is 1.94. The molecule has 0 radical (unpaired) electrons. The number of rotatable bonds is 3. The molecule has 1 fully saturated rings. The van der Waals surface area contributed by atoms with Crippen molar-refractivity contribution in [1.82, 2.24) is 9.88 Å². The van der Waals surface area contributed by atoms with Crippen LogP contribution >= 0.6 is 12.2 Å². The second-order valence-corrected chi connectivity index (χ2v) is 7.51. The SMILES string of the molecule is O=C1NC(=S)N(c2ccccc2)C(=O)/C1=C/c1cccn1-c1ccc2ccccc2c1. The maximum absolute atomic E-state index is 13.2. The number of carbonyl (C=O) groups excluding carboxylic acids is 2. The van der Waals surface area contributed by atoms with E-state index in [-0.39, 0.29) is 10.7 Å². The van der Waals surface area contributed by atoms with Gasteiger partial charge in [-0.1, -0.05) is 48.5 Å². The topological polar surface area (TPSA) is 54.3 Å². The Morgan fingerprint density at radius 1 is 0.774 bits per heavy atom. The molecule has 6 heteroatoms. The zero-order valence-corrected chi connectivity index (χ0v) is 17.2. The molecule has 2 heterocycles. The molecule has 0 unspecified atom stereocenters. The van der Waals surface area contributed by atoms with Crippen LogP contribution in [-0.2, 0) is 9.59 Å². The van der Waals surface area contributed by atoms with Crippen molar-refractivity contribution in [3.8, 4) is 5.69 Å². The molecule has 2 amide bonds. The second-order valence-electron chi connectivity index (χ2n) is 7.13. The number of anilines is 1. The van der Waals surface area contributed by atoms with Gasteiger partial charge in [0.2, 0.25) is 0 Å². The average molecular weight is 423 g/mol. The Balaban J connectivity index is 1.56. The number of fused-ring (bicyclic) bond motifs is 1. The van der Waals surface area contributed by atoms with Crippen molar-refractivity contribution in [3.05, 3.63) is 102 Å². The van der Waals surface area contributed by atoms with Crippen molar-refractivity contribution in [2.24, 2.45) is 0 Å². The van der Waals surface area contributed by atoms with Gasteiger partial charge in [-0.05, 0) is 65.5 Å². The third-order valence-electron chi connectivity index (χ3n) is 5.20. The van der Waals surface area contributed by atoms with Crippen LogP contribution < -0.4 is 10.2 Å². The van der Waals surface area contributed by atoms with Crippen LogP contribution in [0.4, 0.5) is 5.69 Å². The highest BCUT2D eigenvalue weighted by atomic mass is 32.1. The van der Waals surface area contributed by atoms with Crippen molar-refractivity contribution in [3.63, 3.8) is 0 Å². The first kappa shape index (κ1) is 19.0. The molecular formula is C25H17N3O2S. The van der Waals surface area contributed by atoms with E-state index in [1.807, 2.05) is 59.3 Å². The zero-order valence-electron chi connectivity index (χ0n) is 16.4. The summed E-state index contributed by atoms with van der Waals surface area (Å²) in [6.45, 7) is 0. The summed E-state index contributed by atoms with van der Waals surface area (Å²) in [5.74, 6) is -0.959. The molecule has 0 aliphatic carbocycles. The Labute approximate surface area is 184 Å². The lowest BCUT2D eigenvalue weighted by Crippen LogP contribution is -2.54. The number of hydrogen-bond acceptors (Lipinski definition) is 3. The smallest absolute Gasteiger partial charge is 0.270 e. The summed E-state index contributed by atoms with van der Waals surface area (Å²) in [6, 6.07) is 27.0. The number of aromatic nitrogens is 1. The lowest BCUT2D eigenvalue weighted by atomic mass is 10.1. The van der Waals surface area contributed by atoms with Gasteiger partial charge in [0.05, 0.1) is 5.69 Å². The van der Waals surface area contributed by atoms with Crippen LogP contribution in [0.3, 0.4) is 0 Å². The predicted octanol–water partition coefficient (Wildman–Crippen LogP) is 4.46. The van der Waals surface area contributed by atoms with Gasteiger partial charge in [-0.15, -0.1) is 0 Å². The van der Waals surface area contributed by atoms with E-state index < -0.39 is 11.8 Å². The molecule has 3 aromatic carbocycles. The molecule has 0 atom stereocenters. The van der Waals surface area contributed by atoms with Crippen LogP contribution in [0.15, 0.2) is 96.7 Å². The van der Waals surface area contributed by atoms with Gasteiger partial charge in [-0.2, -0.15) is 0 Å². The molecule has 0 spiro atoms. The molecule has 150 valence electrons. The van der Waals surface area contributed by atoms with E-state index in [1.165, 1.54) is 4.90 Å². The lowest BCUT2D eigenvalue weighted by molar-refractivity contribution is -0.122. The normalized spacial score (nSPS) is 15.5. The maximum atomic E-state index is 13.2. The van der Waals surface area contributed by atoms with Gasteiger partial charge in [0.15, 0.2) is 5.11 Å². The monoisotopic (exact) mass is 423 g/mol. The number of nitrogens with zero attached hydrogens (tertiary/aromatic N) is 2. The van der Waals surface area contributed by atoms with Gasteiger partial charge < -0.3 is 4.57 Å². The number of nitrogens with one attached hydrogen (secondary N) is 1. The maximum Gasteiger partial charge on any atom is 0.270 e. The molecule has 5 rings (SSSR count). The summed E-state index contributed by atoms with van der Waals surface area (Å²) in [5, 5.41) is 4.95. The number of benzene rings is 3. The summed E-state index contributed by atoms with van der Waals surface area (Å²) in [5.41, 5.74) is 2.29. The molecule has 1 N–H and O–H groups in total. The fourth-order valence-corrected chi connectivity index (χ4v) is 3.97. The van der Waals surface area contributed by atoms with Crippen molar-refractivity contribution < 1.29 is 9.59 Å². The number of para-hydroxylation sites is 1. The number of carbonyl (C=O) groups is 2. The Morgan fingerprint density at radius 3 is 2.32 bits per heavy atom. The minimum Gasteiger partial charge on any atom is -0.317 e. The molecule has 1 aliphatic rings. The van der Waals surface area contributed by atoms with E-state index in [0.717, 1.165) is 22.2 Å². The largest absolute Gasteiger partial charge is 0.317 e. The van der Waals surface area contributed by atoms with Crippen molar-refractivity contribution in [1.29, 1.82) is 0 Å². The Bertz CT molecular complexity index is 1370. The van der Waals surface area contributed by atoms with Crippen molar-refractivity contribution in [2.45, 2.75) is 0 Å². The molecule has 0 bridgehead atoms. The van der Waals surface area contributed by atoms with E-state index in [9.17, 15) is 9.59 Å². The molecule has 31 heavy (non-hydrogen) atoms. The van der Waals surface area contributed by atoms with Gasteiger partial charge in [0.1, 0.15) is 5.57 Å². The van der Waals surface area contributed by atoms with Crippen LogP contribution in [0.2, 0.25) is 0 Å². The standard InChI is InChI=1S/C25H17N3O2S/c29-23-22(24(30)28(25(31)26-23)19-9-2-1-3-10-19)16-20-11-6-14-27(20)21-13-12-17-7-4-5-8-18(17)15-21/h1-16H,(H,26,29,31)/b22-16+. The van der Waals surface area contributed by atoms with Crippen LogP contribution in [-0.4, -0.2) is 21.5 Å². The molecular weight excluding hydrogens is 406 g/mol. The number of thiocarbonyl (C=S) groups is 1. The van der Waals surface area contributed by atoms with Crippen LogP contribution in [0.1, 0.15) is 5.69 Å². The average Bonchev–Trinajstić information content (AvgIpc) is 3.25. The Kier molecular flexibility index (Phi) is 4.69. The predicted molar refractivity (Wildman–Crippen MR) is 126 cm³/mol. The highest BCUT2D eigenvalue weighted by molar-refractivity contribution is 7.80. The molecule has 5 nitrogen and oxygen atoms in total. The summed E-state index contributed by atoms with van der Waals surface area (Å²) in [4.78, 5) is 27.2. The van der Waals surface area contributed by atoms with Crippen LogP contribution in [0.25, 0.3) is 22.5 Å². The Morgan fingerprint density at radius 2 is 1.52 bits per heavy atom. The highest BCUT2D eigenvalue weighted by Crippen LogP contribution is 2.24. The number of amides is 2. The summed E-state index contributed by atoms with van der Waals surface area (Å²) >= 11 is 5.25. The van der Waals surface area contributed by atoms with E-state index in [1.54, 1.807) is 18.2 Å². The first-order chi connectivity index (χ1) is 15.1. The third-order valence-corrected chi connectivity index (χ3v) is 5.48. The van der Waals surface area contributed by atoms with Crippen LogP contribution in [0.5, 0.6) is 0 Å². The molecule has 1 saturated heterocycles. The van der Waals surface area contributed by atoms with Gasteiger partial charge >= 0.3 is 0 Å². The molecule has 1 aromatic heterocycles. The third kappa shape index (κ3) is 3.43. The van der Waals surface area contributed by atoms with E-state index in [2.05, 4.69) is 29.6 Å². The van der Waals surface area contributed by atoms with Gasteiger partial charge in [-0.25, -0.2) is 0 Å². The lowest BCUT2D eigenvalue weighted by Gasteiger charge is -2.28. The van der Waals surface area contributed by atoms with Crippen molar-refractivity contribution in [2.75, 3.05) is 4.90 Å². The van der Waals surface area contributed by atoms with E-state index >= 15 is 0 Å². The quantitative estimate of drug-likeness (QED) is 0.301. The van der Waals surface area contributed by atoms with Crippen LogP contribution in [0, 0.1) is 0 Å². The van der Waals surface area contributed by atoms with Gasteiger partial charge in [-0.3, -0.25) is 19.8 Å². The van der Waals surface area contributed by atoms with E-state index in [4.69, 9.17) is 12.2 Å². The summed E-state index contributed by atoms with van der Waals surface area (Å²) in [7, 11) is 0. The second kappa shape index (κ2) is 7.66. The molecule has 0 saturated carbocycles. The van der Waals surface area contributed by atoms with Gasteiger partial charge in [0, 0.05) is 17.6 Å². The molecule has 1 aliphatic heterocycles.